The molecule has 11 heteroatoms. The second-order valence-corrected chi connectivity index (χ2v) is 25.0. The molecule has 0 amide bonds. The van der Waals surface area contributed by atoms with E-state index in [0.717, 1.165) is 10.4 Å². The van der Waals surface area contributed by atoms with Crippen molar-refractivity contribution in [1.29, 1.82) is 0 Å². The van der Waals surface area contributed by atoms with Crippen molar-refractivity contribution in [2.24, 2.45) is 0 Å². The summed E-state index contributed by atoms with van der Waals surface area (Å²) in [5.74, 6) is 0. The molecule has 0 aliphatic carbocycles. The van der Waals surface area contributed by atoms with E-state index in [1.807, 2.05) is 36.4 Å². The van der Waals surface area contributed by atoms with Crippen LogP contribution in [0.1, 0.15) is 0 Å². The molecule has 0 aromatic heterocycles. The van der Waals surface area contributed by atoms with Crippen LogP contribution in [0.25, 0.3) is 0 Å². The molecule has 172 valence electrons. The summed E-state index contributed by atoms with van der Waals surface area (Å²) >= 11 is 0. The minimum Gasteiger partial charge on any atom is -0.416 e. The first kappa shape index (κ1) is 26.8. The lowest BCUT2D eigenvalue weighted by molar-refractivity contribution is 0.207. The molecule has 0 spiro atoms. The molecule has 0 heterocycles. The molecule has 2 aromatic rings. The van der Waals surface area contributed by atoms with Crippen LogP contribution in [-0.2, 0) is 20.6 Å². The summed E-state index contributed by atoms with van der Waals surface area (Å²) in [5, 5.41) is 1.99. The van der Waals surface area contributed by atoms with Gasteiger partial charge >= 0.3 is 17.6 Å². The van der Waals surface area contributed by atoms with Crippen molar-refractivity contribution in [1.82, 2.24) is 0 Å². The number of benzene rings is 2. The third-order valence-electron chi connectivity index (χ3n) is 4.09. The highest BCUT2D eigenvalue weighted by molar-refractivity contribution is 6.95. The van der Waals surface area contributed by atoms with Crippen LogP contribution in [-0.4, -0.2) is 53.8 Å². The van der Waals surface area contributed by atoms with Crippen LogP contribution in [0.2, 0.25) is 52.4 Å². The minimum atomic E-state index is -3.27. The molecule has 2 rings (SSSR count). The van der Waals surface area contributed by atoms with E-state index < -0.39 is 53.8 Å². The lowest BCUT2D eigenvalue weighted by Gasteiger charge is -2.42. The molecule has 0 unspecified atom stereocenters. The van der Waals surface area contributed by atoms with Gasteiger partial charge in [0.25, 0.3) is 0 Å². The van der Waals surface area contributed by atoms with Crippen LogP contribution in [0.5, 0.6) is 0 Å². The van der Waals surface area contributed by atoms with Gasteiger partial charge < -0.3 is 20.6 Å². The fourth-order valence-electron chi connectivity index (χ4n) is 3.24. The van der Waals surface area contributed by atoms with Gasteiger partial charge in [-0.1, -0.05) is 60.7 Å². The fraction of sp³-hybridized carbons (Fsp3) is 0.400. The Bertz CT molecular complexity index is 691. The molecule has 0 N–H and O–H groups in total. The van der Waals surface area contributed by atoms with Crippen LogP contribution in [0.4, 0.5) is 0 Å². The van der Waals surface area contributed by atoms with Gasteiger partial charge in [-0.05, 0) is 52.4 Å². The molecule has 0 aliphatic heterocycles. The lowest BCUT2D eigenvalue weighted by Crippen LogP contribution is -2.72. The molecule has 0 aliphatic rings. The Hall–Kier alpha value is -0.459. The third kappa shape index (κ3) is 7.82. The van der Waals surface area contributed by atoms with E-state index in [2.05, 4.69) is 76.6 Å². The number of rotatable bonds is 12. The Morgan fingerprint density at radius 1 is 0.452 bits per heavy atom. The summed E-state index contributed by atoms with van der Waals surface area (Å²) in [5.41, 5.74) is 0. The smallest absolute Gasteiger partial charge is 0.416 e. The van der Waals surface area contributed by atoms with Crippen molar-refractivity contribution in [3.8, 4) is 0 Å². The second-order valence-electron chi connectivity index (χ2n) is 8.61. The van der Waals surface area contributed by atoms with Crippen LogP contribution in [0, 0.1) is 0 Å². The third-order valence-corrected chi connectivity index (χ3v) is 20.8. The van der Waals surface area contributed by atoms with Gasteiger partial charge in [-0.15, -0.1) is 0 Å². The molecule has 0 atom stereocenters. The van der Waals surface area contributed by atoms with Gasteiger partial charge in [0.2, 0.25) is 0 Å². The van der Waals surface area contributed by atoms with Gasteiger partial charge in [-0.25, -0.2) is 0 Å². The molecule has 0 bridgehead atoms. The maximum absolute atomic E-state index is 7.17. The summed E-state index contributed by atoms with van der Waals surface area (Å²) in [6, 6.07) is 20.4. The Morgan fingerprint density at radius 3 is 0.935 bits per heavy atom. The van der Waals surface area contributed by atoms with E-state index in [9.17, 15) is 0 Å². The van der Waals surface area contributed by atoms with Gasteiger partial charge in [-0.2, -0.15) is 0 Å². The number of hydrogen-bond acceptors (Lipinski definition) is 5. The topological polar surface area (TPSA) is 46.2 Å². The van der Waals surface area contributed by atoms with E-state index in [1.54, 1.807) is 0 Å². The van der Waals surface area contributed by atoms with Crippen molar-refractivity contribution in [3.63, 3.8) is 0 Å². The first-order valence-corrected chi connectivity index (χ1v) is 25.7. The average Bonchev–Trinajstić information content (AvgIpc) is 2.67. The molecule has 5 nitrogen and oxygen atoms in total. The largest absolute Gasteiger partial charge is 0.508 e. The summed E-state index contributed by atoms with van der Waals surface area (Å²) in [4.78, 5) is 0. The van der Waals surface area contributed by atoms with E-state index in [-0.39, 0.29) is 0 Å². The monoisotopic (exact) mass is 526 g/mol. The van der Waals surface area contributed by atoms with Crippen LogP contribution < -0.4 is 10.4 Å². The SMILES string of the molecule is C[SiH](C)O[Si](O[SiH](C)C)(O[Si](O[SiH](C)C)(O[SiH](C)C)c1ccccc1)c1ccccc1. The first-order valence-electron chi connectivity index (χ1n) is 11.1. The molecular formula is C20H38O5Si6. The Labute approximate surface area is 197 Å². The zero-order chi connectivity index (χ0) is 23.1. The molecule has 0 saturated heterocycles. The molecule has 31 heavy (non-hydrogen) atoms. The number of hydrogen-bond donors (Lipinski definition) is 0. The fourth-order valence-corrected chi connectivity index (χ4v) is 22.9. The highest BCUT2D eigenvalue weighted by atomic mass is 28.5. The lowest BCUT2D eigenvalue weighted by atomic mass is 10.4. The van der Waals surface area contributed by atoms with Crippen molar-refractivity contribution < 1.29 is 20.6 Å². The van der Waals surface area contributed by atoms with Crippen molar-refractivity contribution in [2.75, 3.05) is 0 Å². The Kier molecular flexibility index (Phi) is 10.5. The highest BCUT2D eigenvalue weighted by Gasteiger charge is 2.57. The quantitative estimate of drug-likeness (QED) is 0.398. The Balaban J connectivity index is 2.73. The molecule has 0 saturated carbocycles. The second kappa shape index (κ2) is 12.1. The van der Waals surface area contributed by atoms with Crippen LogP contribution in [0.15, 0.2) is 60.7 Å². The van der Waals surface area contributed by atoms with Crippen LogP contribution >= 0.6 is 0 Å². The minimum absolute atomic E-state index is 0.994. The maximum Gasteiger partial charge on any atom is 0.508 e. The summed E-state index contributed by atoms with van der Waals surface area (Å²) < 4.78 is 34.2. The Morgan fingerprint density at radius 2 is 0.710 bits per heavy atom. The zero-order valence-corrected chi connectivity index (χ0v) is 26.7. The summed E-state index contributed by atoms with van der Waals surface area (Å²) in [6.07, 6.45) is 0. The van der Waals surface area contributed by atoms with Gasteiger partial charge in [-0.3, -0.25) is 0 Å². The predicted molar refractivity (Wildman–Crippen MR) is 145 cm³/mol. The van der Waals surface area contributed by atoms with Crippen molar-refractivity contribution >= 4 is 64.1 Å². The molecule has 2 aromatic carbocycles. The summed E-state index contributed by atoms with van der Waals surface area (Å²) in [6.45, 7) is 17.3. The molecular weight excluding hydrogens is 489 g/mol. The predicted octanol–water partition coefficient (Wildman–Crippen LogP) is 2.70. The first-order chi connectivity index (χ1) is 14.6. The molecule has 0 radical (unpaired) electrons. The van der Waals surface area contributed by atoms with E-state index in [0.29, 0.717) is 0 Å². The van der Waals surface area contributed by atoms with E-state index >= 15 is 0 Å². The van der Waals surface area contributed by atoms with E-state index in [1.165, 1.54) is 0 Å². The van der Waals surface area contributed by atoms with Gasteiger partial charge in [0.15, 0.2) is 36.2 Å². The van der Waals surface area contributed by atoms with Crippen molar-refractivity contribution in [2.45, 2.75) is 52.4 Å². The standard InChI is InChI=1S/C20H38O5Si6/c1-26(2)21-30(22-27(3)4,19-15-11-9-12-16-19)25-31(23-28(5)6,24-29(7)8)20-17-13-10-14-18-20/h9-18,26-29H,1-8H3. The normalized spacial score (nSPS) is 13.0. The van der Waals surface area contributed by atoms with Crippen molar-refractivity contribution in [3.05, 3.63) is 60.7 Å². The molecule has 0 fully saturated rings. The van der Waals surface area contributed by atoms with E-state index in [4.69, 9.17) is 20.6 Å². The van der Waals surface area contributed by atoms with Crippen LogP contribution in [0.3, 0.4) is 0 Å². The highest BCUT2D eigenvalue weighted by Crippen LogP contribution is 2.24. The average molecular weight is 527 g/mol. The van der Waals surface area contributed by atoms with Gasteiger partial charge in [0, 0.05) is 10.4 Å². The zero-order valence-electron chi connectivity index (χ0n) is 20.1. The van der Waals surface area contributed by atoms with Gasteiger partial charge in [0.05, 0.1) is 0 Å². The summed E-state index contributed by atoms with van der Waals surface area (Å²) in [7, 11) is -12.6. The maximum atomic E-state index is 7.17. The van der Waals surface area contributed by atoms with Gasteiger partial charge in [0.1, 0.15) is 0 Å².